The van der Waals surface area contributed by atoms with Gasteiger partial charge in [-0.1, -0.05) is 18.2 Å². The quantitative estimate of drug-likeness (QED) is 0.292. The first-order valence-electron chi connectivity index (χ1n) is 11.3. The van der Waals surface area contributed by atoms with Crippen LogP contribution in [0.4, 0.5) is 28.8 Å². The van der Waals surface area contributed by atoms with Crippen molar-refractivity contribution in [2.45, 2.75) is 20.4 Å². The Balaban J connectivity index is 1.23. The molecule has 0 aliphatic heterocycles. The van der Waals surface area contributed by atoms with Crippen LogP contribution in [0.3, 0.4) is 0 Å². The fourth-order valence-corrected chi connectivity index (χ4v) is 3.85. The number of carbonyl (C=O) groups excluding carboxylic acids is 1. The van der Waals surface area contributed by atoms with E-state index < -0.39 is 0 Å². The zero-order valence-electron chi connectivity index (χ0n) is 19.5. The summed E-state index contributed by atoms with van der Waals surface area (Å²) in [6.07, 6.45) is 3.69. The summed E-state index contributed by atoms with van der Waals surface area (Å²) in [5.74, 6) is 2.58. The van der Waals surface area contributed by atoms with Crippen LogP contribution in [0.2, 0.25) is 0 Å². The average molecular weight is 464 g/mol. The van der Waals surface area contributed by atoms with Gasteiger partial charge in [-0.3, -0.25) is 4.79 Å². The lowest BCUT2D eigenvalue weighted by Gasteiger charge is -2.11. The smallest absolute Gasteiger partial charge is 0.244 e. The molecule has 5 rings (SSSR count). The number of benzene rings is 2. The zero-order valence-corrected chi connectivity index (χ0v) is 19.5. The molecule has 2 aromatic carbocycles. The van der Waals surface area contributed by atoms with Crippen LogP contribution in [0.15, 0.2) is 85.2 Å². The lowest BCUT2D eigenvalue weighted by Crippen LogP contribution is -2.18. The molecule has 0 bridgehead atoms. The van der Waals surface area contributed by atoms with E-state index in [9.17, 15) is 4.79 Å². The molecule has 0 radical (unpaired) electrons. The summed E-state index contributed by atoms with van der Waals surface area (Å²) in [4.78, 5) is 25.8. The van der Waals surface area contributed by atoms with Gasteiger partial charge >= 0.3 is 0 Å². The number of nitrogens with one attached hydrogen (secondary N) is 3. The van der Waals surface area contributed by atoms with Gasteiger partial charge in [0.05, 0.1) is 0 Å². The normalized spacial score (nSPS) is 10.8. The minimum absolute atomic E-state index is 0.0843. The number of fused-ring (bicyclic) bond motifs is 1. The van der Waals surface area contributed by atoms with Crippen molar-refractivity contribution in [3.63, 3.8) is 0 Å². The number of amides is 1. The lowest BCUT2D eigenvalue weighted by atomic mass is 10.2. The minimum Gasteiger partial charge on any atom is -0.340 e. The third kappa shape index (κ3) is 5.44. The second-order valence-electron chi connectivity index (χ2n) is 8.28. The highest BCUT2D eigenvalue weighted by atomic mass is 16.1. The number of hydrogen-bond acceptors (Lipinski definition) is 6. The second kappa shape index (κ2) is 9.64. The maximum atomic E-state index is 12.6. The molecule has 8 nitrogen and oxygen atoms in total. The van der Waals surface area contributed by atoms with E-state index in [1.165, 1.54) is 0 Å². The summed E-state index contributed by atoms with van der Waals surface area (Å²) >= 11 is 0. The number of nitrogens with zero attached hydrogens (tertiary/aromatic N) is 4. The summed E-state index contributed by atoms with van der Waals surface area (Å²) < 4.78 is 1.94. The summed E-state index contributed by atoms with van der Waals surface area (Å²) in [6.45, 7) is 4.10. The van der Waals surface area contributed by atoms with E-state index >= 15 is 0 Å². The van der Waals surface area contributed by atoms with E-state index in [1.807, 2.05) is 97.4 Å². The van der Waals surface area contributed by atoms with Gasteiger partial charge in [0, 0.05) is 35.4 Å². The van der Waals surface area contributed by atoms with E-state index in [-0.39, 0.29) is 12.5 Å². The van der Waals surface area contributed by atoms with Crippen molar-refractivity contribution in [3.8, 4) is 0 Å². The molecule has 0 fully saturated rings. The first-order valence-corrected chi connectivity index (χ1v) is 11.3. The molecule has 0 aliphatic carbocycles. The van der Waals surface area contributed by atoms with Crippen LogP contribution < -0.4 is 16.0 Å². The largest absolute Gasteiger partial charge is 0.340 e. The van der Waals surface area contributed by atoms with Gasteiger partial charge in [-0.2, -0.15) is 0 Å². The second-order valence-corrected chi connectivity index (χ2v) is 8.28. The number of rotatable bonds is 7. The molecular weight excluding hydrogens is 438 g/mol. The molecule has 8 heteroatoms. The Bertz CT molecular complexity index is 1490. The Morgan fingerprint density at radius 2 is 1.57 bits per heavy atom. The minimum atomic E-state index is -0.0843. The van der Waals surface area contributed by atoms with Crippen LogP contribution in [0.5, 0.6) is 0 Å². The number of pyridine rings is 1. The van der Waals surface area contributed by atoms with Crippen LogP contribution in [0, 0.1) is 13.8 Å². The standard InChI is InChI=1S/C27H25N7O/c1-18-11-13-28-24(15-18)33-26-16-25(29-19(2)30-26)31-21-7-9-22(10-8-21)32-27(35)17-34-14-12-20-5-3-4-6-23(20)34/h3-16H,17H2,1-2H3,(H,32,35)(H2,28,29,30,31,33). The Morgan fingerprint density at radius 3 is 2.37 bits per heavy atom. The average Bonchev–Trinajstić information content (AvgIpc) is 3.23. The molecule has 174 valence electrons. The molecule has 0 atom stereocenters. The summed E-state index contributed by atoms with van der Waals surface area (Å²) in [6, 6.07) is 23.3. The van der Waals surface area contributed by atoms with E-state index in [0.717, 1.165) is 33.7 Å². The fourth-order valence-electron chi connectivity index (χ4n) is 3.85. The fraction of sp³-hybridized carbons (Fsp3) is 0.111. The van der Waals surface area contributed by atoms with Crippen molar-refractivity contribution >= 4 is 45.6 Å². The predicted molar refractivity (Wildman–Crippen MR) is 139 cm³/mol. The highest BCUT2D eigenvalue weighted by Gasteiger charge is 2.08. The number of carbonyl (C=O) groups is 1. The molecule has 1 amide bonds. The number of aryl methyl sites for hydroxylation is 2. The van der Waals surface area contributed by atoms with Gasteiger partial charge in [-0.05, 0) is 73.3 Å². The van der Waals surface area contributed by atoms with Gasteiger partial charge in [0.15, 0.2) is 0 Å². The predicted octanol–water partition coefficient (Wildman–Crippen LogP) is 5.57. The topological polar surface area (TPSA) is 96.8 Å². The van der Waals surface area contributed by atoms with E-state index in [1.54, 1.807) is 6.20 Å². The van der Waals surface area contributed by atoms with Gasteiger partial charge in [0.2, 0.25) is 5.91 Å². The molecular formula is C27H25N7O. The van der Waals surface area contributed by atoms with Crippen molar-refractivity contribution < 1.29 is 4.79 Å². The summed E-state index contributed by atoms with van der Waals surface area (Å²) in [5, 5.41) is 10.6. The molecule has 3 N–H and O–H groups in total. The van der Waals surface area contributed by atoms with Gasteiger partial charge < -0.3 is 20.5 Å². The Labute approximate surface area is 203 Å². The van der Waals surface area contributed by atoms with Crippen molar-refractivity contribution in [3.05, 3.63) is 96.6 Å². The van der Waals surface area contributed by atoms with Crippen LogP contribution >= 0.6 is 0 Å². The van der Waals surface area contributed by atoms with Crippen LogP contribution in [-0.2, 0) is 11.3 Å². The van der Waals surface area contributed by atoms with Crippen LogP contribution in [0.25, 0.3) is 10.9 Å². The molecule has 5 aromatic rings. The molecule has 3 aromatic heterocycles. The third-order valence-corrected chi connectivity index (χ3v) is 5.44. The third-order valence-electron chi connectivity index (χ3n) is 5.44. The highest BCUT2D eigenvalue weighted by Crippen LogP contribution is 2.22. The molecule has 0 aliphatic rings. The van der Waals surface area contributed by atoms with Crippen molar-refractivity contribution in [1.29, 1.82) is 0 Å². The first-order chi connectivity index (χ1) is 17.0. The SMILES string of the molecule is Cc1ccnc(Nc2cc(Nc3ccc(NC(=O)Cn4ccc5ccccc54)cc3)nc(C)n2)c1. The van der Waals surface area contributed by atoms with E-state index in [2.05, 4.69) is 30.9 Å². The van der Waals surface area contributed by atoms with Crippen molar-refractivity contribution in [2.24, 2.45) is 0 Å². The van der Waals surface area contributed by atoms with Crippen LogP contribution in [0.1, 0.15) is 11.4 Å². The Morgan fingerprint density at radius 1 is 0.829 bits per heavy atom. The zero-order chi connectivity index (χ0) is 24.2. The van der Waals surface area contributed by atoms with Gasteiger partial charge in [-0.15, -0.1) is 0 Å². The number of anilines is 5. The maximum absolute atomic E-state index is 12.6. The Hall–Kier alpha value is -4.72. The summed E-state index contributed by atoms with van der Waals surface area (Å²) in [7, 11) is 0. The molecule has 0 unspecified atom stereocenters. The first kappa shape index (κ1) is 22.1. The van der Waals surface area contributed by atoms with Gasteiger partial charge in [0.1, 0.15) is 29.8 Å². The number of aromatic nitrogens is 4. The summed E-state index contributed by atoms with van der Waals surface area (Å²) in [5.41, 5.74) is 3.72. The van der Waals surface area contributed by atoms with E-state index in [0.29, 0.717) is 17.5 Å². The van der Waals surface area contributed by atoms with Crippen molar-refractivity contribution in [2.75, 3.05) is 16.0 Å². The number of para-hydroxylation sites is 1. The maximum Gasteiger partial charge on any atom is 0.244 e. The van der Waals surface area contributed by atoms with Crippen molar-refractivity contribution in [1.82, 2.24) is 19.5 Å². The van der Waals surface area contributed by atoms with E-state index in [4.69, 9.17) is 0 Å². The monoisotopic (exact) mass is 463 g/mol. The molecule has 3 heterocycles. The lowest BCUT2D eigenvalue weighted by molar-refractivity contribution is -0.116. The number of hydrogen-bond donors (Lipinski definition) is 3. The van der Waals surface area contributed by atoms with Gasteiger partial charge in [0.25, 0.3) is 0 Å². The van der Waals surface area contributed by atoms with Crippen LogP contribution in [-0.4, -0.2) is 25.4 Å². The van der Waals surface area contributed by atoms with Gasteiger partial charge in [-0.25, -0.2) is 15.0 Å². The highest BCUT2D eigenvalue weighted by molar-refractivity contribution is 5.92. The molecule has 0 spiro atoms. The molecule has 0 saturated heterocycles. The Kier molecular flexibility index (Phi) is 6.09. The molecule has 35 heavy (non-hydrogen) atoms. The molecule has 0 saturated carbocycles.